The lowest BCUT2D eigenvalue weighted by Gasteiger charge is -2.29. The van der Waals surface area contributed by atoms with Crippen molar-refractivity contribution < 1.29 is 4.79 Å². The molecule has 1 aliphatic heterocycles. The maximum absolute atomic E-state index is 12.4. The van der Waals surface area contributed by atoms with Gasteiger partial charge in [0.05, 0.1) is 5.92 Å². The average Bonchev–Trinajstić information content (AvgIpc) is 2.48. The second-order valence-electron chi connectivity index (χ2n) is 5.85. The molecule has 1 heterocycles. The fourth-order valence-electron chi connectivity index (χ4n) is 3.26. The van der Waals surface area contributed by atoms with Gasteiger partial charge in [0.2, 0.25) is 5.91 Å². The summed E-state index contributed by atoms with van der Waals surface area (Å²) >= 11 is 0. The largest absolute Gasteiger partial charge is 0.385 e. The Bertz CT molecular complexity index is 708. The molecule has 3 nitrogen and oxygen atoms in total. The number of anilines is 2. The molecule has 0 saturated carbocycles. The number of rotatable bonds is 2. The van der Waals surface area contributed by atoms with Gasteiger partial charge < -0.3 is 10.6 Å². The zero-order valence-electron chi connectivity index (χ0n) is 11.9. The maximum Gasteiger partial charge on any atom is 0.232 e. The lowest BCUT2D eigenvalue weighted by atomic mass is 9.77. The van der Waals surface area contributed by atoms with Crippen LogP contribution < -0.4 is 10.6 Å². The summed E-state index contributed by atoms with van der Waals surface area (Å²) in [5.74, 6) is 0.106. The number of carbonyl (C=O) groups is 1. The number of carbonyl (C=O) groups excluding carboxylic acids is 1. The Morgan fingerprint density at radius 1 is 1.14 bits per heavy atom. The molecule has 1 atom stereocenters. The van der Waals surface area contributed by atoms with E-state index >= 15 is 0 Å². The van der Waals surface area contributed by atoms with Gasteiger partial charge in [-0.15, -0.1) is 0 Å². The number of aryl methyl sites for hydroxylation is 1. The minimum absolute atomic E-state index is 0.00481. The third kappa shape index (κ3) is 2.19. The first-order valence-electron chi connectivity index (χ1n) is 7.57. The van der Waals surface area contributed by atoms with E-state index in [4.69, 9.17) is 0 Å². The predicted octanol–water partition coefficient (Wildman–Crippen LogP) is 3.32. The monoisotopic (exact) mass is 278 g/mol. The highest BCUT2D eigenvalue weighted by Gasteiger charge is 2.31. The third-order valence-electron chi connectivity index (χ3n) is 4.49. The molecule has 2 N–H and O–H groups in total. The summed E-state index contributed by atoms with van der Waals surface area (Å²) < 4.78 is 0. The van der Waals surface area contributed by atoms with Gasteiger partial charge >= 0.3 is 0 Å². The lowest BCUT2D eigenvalue weighted by molar-refractivity contribution is -0.118. The molecule has 1 amide bonds. The Morgan fingerprint density at radius 3 is 2.95 bits per heavy atom. The first-order chi connectivity index (χ1) is 10.3. The number of benzene rings is 2. The Labute approximate surface area is 124 Å². The van der Waals surface area contributed by atoms with Crippen LogP contribution in [0.15, 0.2) is 42.5 Å². The fraction of sp³-hybridized carbons (Fsp3) is 0.278. The van der Waals surface area contributed by atoms with E-state index in [0.29, 0.717) is 0 Å². The Morgan fingerprint density at radius 2 is 2.05 bits per heavy atom. The Hall–Kier alpha value is -2.29. The molecule has 2 aromatic carbocycles. The van der Waals surface area contributed by atoms with Gasteiger partial charge in [-0.1, -0.05) is 30.3 Å². The maximum atomic E-state index is 12.4. The van der Waals surface area contributed by atoms with Gasteiger partial charge in [-0.3, -0.25) is 4.79 Å². The minimum atomic E-state index is 0.00481. The molecule has 0 saturated heterocycles. The summed E-state index contributed by atoms with van der Waals surface area (Å²) in [6, 6.07) is 14.4. The van der Waals surface area contributed by atoms with Crippen LogP contribution in [-0.2, 0) is 17.6 Å². The molecule has 2 aromatic rings. The minimum Gasteiger partial charge on any atom is -0.385 e. The quantitative estimate of drug-likeness (QED) is 0.884. The van der Waals surface area contributed by atoms with Gasteiger partial charge in [0.15, 0.2) is 0 Å². The summed E-state index contributed by atoms with van der Waals surface area (Å²) in [6.07, 6.45) is 3.15. The molecule has 0 fully saturated rings. The van der Waals surface area contributed by atoms with Crippen molar-refractivity contribution in [3.05, 3.63) is 59.2 Å². The topological polar surface area (TPSA) is 41.1 Å². The van der Waals surface area contributed by atoms with Crippen molar-refractivity contribution >= 4 is 17.3 Å². The van der Waals surface area contributed by atoms with E-state index in [-0.39, 0.29) is 11.8 Å². The first kappa shape index (κ1) is 12.5. The molecule has 2 aliphatic rings. The van der Waals surface area contributed by atoms with Crippen LogP contribution in [0.5, 0.6) is 0 Å². The number of fused-ring (bicyclic) bond motifs is 2. The lowest BCUT2D eigenvalue weighted by Crippen LogP contribution is -2.30. The van der Waals surface area contributed by atoms with Gasteiger partial charge in [0, 0.05) is 17.9 Å². The van der Waals surface area contributed by atoms with Crippen LogP contribution in [0, 0.1) is 0 Å². The van der Waals surface area contributed by atoms with Crippen molar-refractivity contribution in [2.45, 2.75) is 25.2 Å². The standard InChI is InChI=1S/C18H18N2O/c21-18(16-10-13-4-1-2-6-15(13)16)20-14-8-7-12-5-3-9-19-17(12)11-14/h1-2,4,6-8,11,16,19H,3,5,9-10H2,(H,20,21). The van der Waals surface area contributed by atoms with E-state index in [9.17, 15) is 4.79 Å². The number of nitrogens with one attached hydrogen (secondary N) is 2. The van der Waals surface area contributed by atoms with Crippen molar-refractivity contribution in [3.8, 4) is 0 Å². The normalized spacial score (nSPS) is 18.8. The summed E-state index contributed by atoms with van der Waals surface area (Å²) in [5, 5.41) is 6.45. The van der Waals surface area contributed by atoms with Crippen molar-refractivity contribution in [2.75, 3.05) is 17.2 Å². The van der Waals surface area contributed by atoms with Crippen LogP contribution in [0.3, 0.4) is 0 Å². The van der Waals surface area contributed by atoms with Gasteiger partial charge in [-0.25, -0.2) is 0 Å². The van der Waals surface area contributed by atoms with E-state index in [1.807, 2.05) is 18.2 Å². The number of hydrogen-bond donors (Lipinski definition) is 2. The second-order valence-corrected chi connectivity index (χ2v) is 5.85. The molecule has 3 heteroatoms. The van der Waals surface area contributed by atoms with E-state index in [1.54, 1.807) is 0 Å². The predicted molar refractivity (Wildman–Crippen MR) is 84.8 cm³/mol. The molecular weight excluding hydrogens is 260 g/mol. The first-order valence-corrected chi connectivity index (χ1v) is 7.57. The van der Waals surface area contributed by atoms with Crippen LogP contribution in [0.4, 0.5) is 11.4 Å². The van der Waals surface area contributed by atoms with Gasteiger partial charge in [0.1, 0.15) is 0 Å². The molecule has 0 aromatic heterocycles. The zero-order valence-corrected chi connectivity index (χ0v) is 11.9. The third-order valence-corrected chi connectivity index (χ3v) is 4.49. The smallest absolute Gasteiger partial charge is 0.232 e. The van der Waals surface area contributed by atoms with Gasteiger partial charge in [0.25, 0.3) is 0 Å². The molecule has 4 rings (SSSR count). The van der Waals surface area contributed by atoms with Crippen molar-refractivity contribution in [1.82, 2.24) is 0 Å². The molecular formula is C18H18N2O. The van der Waals surface area contributed by atoms with Crippen LogP contribution in [0.25, 0.3) is 0 Å². The fourth-order valence-corrected chi connectivity index (χ4v) is 3.26. The summed E-state index contributed by atoms with van der Waals surface area (Å²) in [5.41, 5.74) is 5.86. The molecule has 0 spiro atoms. The summed E-state index contributed by atoms with van der Waals surface area (Å²) in [6.45, 7) is 1.01. The average molecular weight is 278 g/mol. The van der Waals surface area contributed by atoms with Crippen LogP contribution in [-0.4, -0.2) is 12.5 Å². The number of hydrogen-bond acceptors (Lipinski definition) is 2. The van der Waals surface area contributed by atoms with Crippen molar-refractivity contribution in [3.63, 3.8) is 0 Å². The van der Waals surface area contributed by atoms with E-state index < -0.39 is 0 Å². The molecule has 0 bridgehead atoms. The van der Waals surface area contributed by atoms with Gasteiger partial charge in [-0.05, 0) is 48.1 Å². The highest BCUT2D eigenvalue weighted by molar-refractivity contribution is 5.98. The SMILES string of the molecule is O=C(Nc1ccc2c(c1)NCCC2)C1Cc2ccccc21. The molecule has 21 heavy (non-hydrogen) atoms. The highest BCUT2D eigenvalue weighted by atomic mass is 16.1. The van der Waals surface area contributed by atoms with Crippen molar-refractivity contribution in [2.24, 2.45) is 0 Å². The Kier molecular flexibility index (Phi) is 2.92. The zero-order chi connectivity index (χ0) is 14.2. The molecule has 1 unspecified atom stereocenters. The van der Waals surface area contributed by atoms with Crippen LogP contribution in [0.2, 0.25) is 0 Å². The molecule has 1 aliphatic carbocycles. The van der Waals surface area contributed by atoms with E-state index in [2.05, 4.69) is 34.9 Å². The highest BCUT2D eigenvalue weighted by Crippen LogP contribution is 2.36. The molecule has 106 valence electrons. The van der Waals surface area contributed by atoms with Gasteiger partial charge in [-0.2, -0.15) is 0 Å². The summed E-state index contributed by atoms with van der Waals surface area (Å²) in [7, 11) is 0. The van der Waals surface area contributed by atoms with Crippen LogP contribution >= 0.6 is 0 Å². The van der Waals surface area contributed by atoms with Crippen LogP contribution in [0.1, 0.15) is 29.0 Å². The Balaban J connectivity index is 1.51. The van der Waals surface area contributed by atoms with Crippen molar-refractivity contribution in [1.29, 1.82) is 0 Å². The van der Waals surface area contributed by atoms with E-state index in [1.165, 1.54) is 23.1 Å². The summed E-state index contributed by atoms with van der Waals surface area (Å²) in [4.78, 5) is 12.4. The number of amides is 1. The second kappa shape index (κ2) is 4.92. The molecule has 0 radical (unpaired) electrons. The van der Waals surface area contributed by atoms with E-state index in [0.717, 1.165) is 30.8 Å².